The zero-order valence-electron chi connectivity index (χ0n) is 9.82. The molecule has 2 aliphatic rings. The molecule has 0 radical (unpaired) electrons. The lowest BCUT2D eigenvalue weighted by molar-refractivity contribution is -0.135. The fourth-order valence-corrected chi connectivity index (χ4v) is 2.89. The Kier molecular flexibility index (Phi) is 4.18. The number of nitrogens with one attached hydrogen (secondary N) is 1. The highest BCUT2D eigenvalue weighted by Gasteiger charge is 2.32. The minimum absolute atomic E-state index is 0.00662. The number of carbonyl (C=O) groups excluding carboxylic acids is 1. The van der Waals surface area contributed by atoms with Crippen LogP contribution < -0.4 is 5.32 Å². The lowest BCUT2D eigenvalue weighted by Gasteiger charge is -2.30. The van der Waals surface area contributed by atoms with E-state index in [1.807, 2.05) is 4.90 Å². The van der Waals surface area contributed by atoms with Gasteiger partial charge in [0, 0.05) is 12.6 Å². The van der Waals surface area contributed by atoms with Crippen molar-refractivity contribution in [3.8, 4) is 0 Å². The number of aliphatic hydroxyl groups excluding tert-OH is 1. The van der Waals surface area contributed by atoms with Crippen molar-refractivity contribution in [1.29, 1.82) is 0 Å². The first-order valence-electron chi connectivity index (χ1n) is 6.47. The Labute approximate surface area is 97.0 Å². The highest BCUT2D eigenvalue weighted by Crippen LogP contribution is 2.24. The minimum Gasteiger partial charge on any atom is -0.395 e. The maximum Gasteiger partial charge on any atom is 0.240 e. The number of hydrogen-bond acceptors (Lipinski definition) is 3. The molecule has 2 fully saturated rings. The van der Waals surface area contributed by atoms with Crippen LogP contribution in [-0.4, -0.2) is 47.7 Å². The third-order valence-corrected chi connectivity index (χ3v) is 3.75. The first-order chi connectivity index (χ1) is 7.83. The maximum atomic E-state index is 12.3. The summed E-state index contributed by atoms with van der Waals surface area (Å²) in [6.07, 6.45) is 6.70. The van der Waals surface area contributed by atoms with Crippen molar-refractivity contribution in [3.05, 3.63) is 0 Å². The van der Waals surface area contributed by atoms with Gasteiger partial charge in [-0.3, -0.25) is 4.79 Å². The van der Waals surface area contributed by atoms with Crippen LogP contribution in [0, 0.1) is 0 Å². The molecule has 0 unspecified atom stereocenters. The Balaban J connectivity index is 1.96. The Morgan fingerprint density at radius 3 is 2.56 bits per heavy atom. The molecule has 0 aromatic heterocycles. The van der Waals surface area contributed by atoms with E-state index in [1.54, 1.807) is 0 Å². The van der Waals surface area contributed by atoms with Crippen LogP contribution in [0.15, 0.2) is 0 Å². The van der Waals surface area contributed by atoms with Crippen molar-refractivity contribution in [2.45, 2.75) is 50.6 Å². The second-order valence-corrected chi connectivity index (χ2v) is 4.84. The monoisotopic (exact) mass is 226 g/mol. The standard InChI is InChI=1S/C12H22N2O2/c15-9-8-14(10-4-1-2-5-10)12(16)11-6-3-7-13-11/h10-11,13,15H,1-9H2/t11-/m1/s1. The zero-order valence-corrected chi connectivity index (χ0v) is 9.82. The Hall–Kier alpha value is -0.610. The average molecular weight is 226 g/mol. The summed E-state index contributed by atoms with van der Waals surface area (Å²) < 4.78 is 0. The molecule has 2 N–H and O–H groups in total. The highest BCUT2D eigenvalue weighted by atomic mass is 16.3. The number of nitrogens with zero attached hydrogens (tertiary/aromatic N) is 1. The van der Waals surface area contributed by atoms with E-state index in [4.69, 9.17) is 5.11 Å². The SMILES string of the molecule is O=C([C@H]1CCCN1)N(CCO)C1CCCC1. The largest absolute Gasteiger partial charge is 0.395 e. The molecule has 4 nitrogen and oxygen atoms in total. The number of aliphatic hydroxyl groups is 1. The molecule has 2 rings (SSSR count). The summed E-state index contributed by atoms with van der Waals surface area (Å²) in [6, 6.07) is 0.384. The zero-order chi connectivity index (χ0) is 11.4. The first-order valence-corrected chi connectivity index (χ1v) is 6.47. The fourth-order valence-electron chi connectivity index (χ4n) is 2.89. The number of rotatable bonds is 4. The van der Waals surface area contributed by atoms with E-state index in [2.05, 4.69) is 5.32 Å². The van der Waals surface area contributed by atoms with Gasteiger partial charge in [0.2, 0.25) is 5.91 Å². The van der Waals surface area contributed by atoms with Gasteiger partial charge < -0.3 is 15.3 Å². The molecule has 0 aromatic rings. The summed E-state index contributed by atoms with van der Waals surface area (Å²) >= 11 is 0. The second kappa shape index (κ2) is 5.64. The lowest BCUT2D eigenvalue weighted by Crippen LogP contribution is -2.48. The molecule has 1 amide bonds. The van der Waals surface area contributed by atoms with Crippen LogP contribution in [0.3, 0.4) is 0 Å². The van der Waals surface area contributed by atoms with Gasteiger partial charge in [0.15, 0.2) is 0 Å². The first kappa shape index (κ1) is 11.9. The van der Waals surface area contributed by atoms with Gasteiger partial charge in [-0.2, -0.15) is 0 Å². The molecule has 1 saturated carbocycles. The van der Waals surface area contributed by atoms with Gasteiger partial charge in [-0.1, -0.05) is 12.8 Å². The van der Waals surface area contributed by atoms with Gasteiger partial charge >= 0.3 is 0 Å². The molecule has 1 saturated heterocycles. The molecule has 1 aliphatic heterocycles. The predicted molar refractivity (Wildman–Crippen MR) is 62.1 cm³/mol. The summed E-state index contributed by atoms with van der Waals surface area (Å²) in [5.41, 5.74) is 0. The van der Waals surface area contributed by atoms with Crippen LogP contribution in [0.5, 0.6) is 0 Å². The fraction of sp³-hybridized carbons (Fsp3) is 0.917. The summed E-state index contributed by atoms with van der Waals surface area (Å²) in [6.45, 7) is 1.53. The van der Waals surface area contributed by atoms with Crippen LogP contribution in [0.2, 0.25) is 0 Å². The van der Waals surface area contributed by atoms with E-state index in [1.165, 1.54) is 12.8 Å². The van der Waals surface area contributed by atoms with Gasteiger partial charge in [0.25, 0.3) is 0 Å². The smallest absolute Gasteiger partial charge is 0.240 e. The van der Waals surface area contributed by atoms with Crippen molar-refractivity contribution in [2.75, 3.05) is 19.7 Å². The average Bonchev–Trinajstić information content (AvgIpc) is 2.96. The molecular formula is C12H22N2O2. The summed E-state index contributed by atoms with van der Waals surface area (Å²) in [5, 5.41) is 12.3. The third-order valence-electron chi connectivity index (χ3n) is 3.75. The van der Waals surface area contributed by atoms with Gasteiger partial charge in [0.05, 0.1) is 12.6 Å². The number of hydrogen-bond donors (Lipinski definition) is 2. The van der Waals surface area contributed by atoms with Crippen LogP contribution in [0.1, 0.15) is 38.5 Å². The van der Waals surface area contributed by atoms with Crippen LogP contribution >= 0.6 is 0 Å². The van der Waals surface area contributed by atoms with Crippen LogP contribution in [0.4, 0.5) is 0 Å². The lowest BCUT2D eigenvalue weighted by atomic mass is 10.1. The van der Waals surface area contributed by atoms with Crippen molar-refractivity contribution < 1.29 is 9.90 Å². The Morgan fingerprint density at radius 1 is 1.25 bits per heavy atom. The molecule has 16 heavy (non-hydrogen) atoms. The molecule has 1 aliphatic carbocycles. The maximum absolute atomic E-state index is 12.3. The number of carbonyl (C=O) groups is 1. The molecule has 92 valence electrons. The molecule has 0 aromatic carbocycles. The van der Waals surface area contributed by atoms with Crippen molar-refractivity contribution in [3.63, 3.8) is 0 Å². The van der Waals surface area contributed by atoms with Crippen molar-refractivity contribution >= 4 is 5.91 Å². The summed E-state index contributed by atoms with van der Waals surface area (Å²) in [4.78, 5) is 14.2. The highest BCUT2D eigenvalue weighted by molar-refractivity contribution is 5.82. The van der Waals surface area contributed by atoms with E-state index < -0.39 is 0 Å². The third kappa shape index (κ3) is 2.55. The van der Waals surface area contributed by atoms with Gasteiger partial charge in [-0.05, 0) is 32.2 Å². The number of amides is 1. The molecule has 0 spiro atoms. The van der Waals surface area contributed by atoms with Crippen molar-refractivity contribution in [1.82, 2.24) is 10.2 Å². The Morgan fingerprint density at radius 2 is 2.00 bits per heavy atom. The van der Waals surface area contributed by atoms with E-state index >= 15 is 0 Å². The molecule has 1 heterocycles. The molecule has 4 heteroatoms. The minimum atomic E-state index is 0.00662. The topological polar surface area (TPSA) is 52.6 Å². The summed E-state index contributed by atoms with van der Waals surface area (Å²) in [7, 11) is 0. The molecular weight excluding hydrogens is 204 g/mol. The van der Waals surface area contributed by atoms with Crippen LogP contribution in [0.25, 0.3) is 0 Å². The van der Waals surface area contributed by atoms with E-state index in [0.29, 0.717) is 12.6 Å². The van der Waals surface area contributed by atoms with Crippen LogP contribution in [-0.2, 0) is 4.79 Å². The van der Waals surface area contributed by atoms with Gasteiger partial charge in [-0.15, -0.1) is 0 Å². The molecule has 1 atom stereocenters. The van der Waals surface area contributed by atoms with E-state index in [9.17, 15) is 4.79 Å². The summed E-state index contributed by atoms with van der Waals surface area (Å²) in [5.74, 6) is 0.207. The quantitative estimate of drug-likeness (QED) is 0.734. The normalized spacial score (nSPS) is 26.2. The van der Waals surface area contributed by atoms with Gasteiger partial charge in [-0.25, -0.2) is 0 Å². The van der Waals surface area contributed by atoms with E-state index in [-0.39, 0.29) is 18.6 Å². The molecule has 0 bridgehead atoms. The van der Waals surface area contributed by atoms with E-state index in [0.717, 1.165) is 32.2 Å². The second-order valence-electron chi connectivity index (χ2n) is 4.84. The van der Waals surface area contributed by atoms with Crippen molar-refractivity contribution in [2.24, 2.45) is 0 Å². The predicted octanol–water partition coefficient (Wildman–Crippen LogP) is 0.502. The van der Waals surface area contributed by atoms with Gasteiger partial charge in [0.1, 0.15) is 0 Å². The Bertz CT molecular complexity index is 233.